The van der Waals surface area contributed by atoms with Crippen molar-refractivity contribution in [3.8, 4) is 0 Å². The number of unbranched alkanes of at least 4 members (excludes halogenated alkanes) is 13. The average molecular weight is 1080 g/mol. The fourth-order valence-corrected chi connectivity index (χ4v) is 8.01. The van der Waals surface area contributed by atoms with Crippen molar-refractivity contribution in [3.05, 3.63) is 134 Å². The van der Waals surface area contributed by atoms with Crippen molar-refractivity contribution in [3.63, 3.8) is 0 Å². The number of phosphoric ester groups is 1. The van der Waals surface area contributed by atoms with E-state index in [4.69, 9.17) is 23.3 Å². The average Bonchev–Trinajstić information content (AvgIpc) is 3.41. The molecule has 12 heteroatoms. The van der Waals surface area contributed by atoms with E-state index in [1.165, 1.54) is 44.9 Å². The van der Waals surface area contributed by atoms with Gasteiger partial charge in [0.1, 0.15) is 12.7 Å². The zero-order valence-corrected chi connectivity index (χ0v) is 48.3. The van der Waals surface area contributed by atoms with Crippen LogP contribution in [0.4, 0.5) is 0 Å². The standard InChI is InChI=1S/C64H103O11P/c1-4-7-10-13-16-19-22-24-26-28-30-32-34-36-39-41-44-47-50-53-62(66)71-57-61(75-64(68)55-52-49-46-43-40-37-35-33-31-29-27-25-23-20-17-14-11-8-5-2)59-73-76(69,70)72-58-60(56-65)74-63(67)54-51-48-45-42-38-21-18-15-12-9-6-3/h7-8,10-11,16-17,19-20,24-27,30-33,36-37,39-40,44,47,60-61,65H,4-6,9,12-15,18,21-23,28-29,34-35,38,41-43,45-46,48-59H2,1-3H3,(H,69,70)/b10-7-,11-8-,19-16-,20-17-,26-24-,27-25-,32-30-,33-31-,39-36-,40-37-,47-44-. The van der Waals surface area contributed by atoms with Crippen LogP contribution in [0.3, 0.4) is 0 Å². The lowest BCUT2D eigenvalue weighted by molar-refractivity contribution is -0.161. The molecule has 3 unspecified atom stereocenters. The van der Waals surface area contributed by atoms with Crippen molar-refractivity contribution < 1.29 is 52.2 Å². The molecule has 0 radical (unpaired) electrons. The number of hydrogen-bond acceptors (Lipinski definition) is 10. The molecule has 0 amide bonds. The number of aliphatic hydroxyl groups excluding tert-OH is 1. The van der Waals surface area contributed by atoms with Crippen LogP contribution in [0.1, 0.15) is 213 Å². The van der Waals surface area contributed by atoms with Crippen LogP contribution < -0.4 is 0 Å². The van der Waals surface area contributed by atoms with Gasteiger partial charge in [-0.2, -0.15) is 0 Å². The summed E-state index contributed by atoms with van der Waals surface area (Å²) in [5, 5.41) is 9.80. The summed E-state index contributed by atoms with van der Waals surface area (Å²) in [6.07, 6.45) is 71.4. The molecule has 3 atom stereocenters. The Labute approximate surface area is 461 Å². The minimum Gasteiger partial charge on any atom is -0.462 e. The molecule has 0 saturated carbocycles. The predicted molar refractivity (Wildman–Crippen MR) is 316 cm³/mol. The summed E-state index contributed by atoms with van der Waals surface area (Å²) in [4.78, 5) is 48.5. The Bertz CT molecular complexity index is 1780. The molecule has 0 aromatic rings. The van der Waals surface area contributed by atoms with Gasteiger partial charge in [-0.15, -0.1) is 0 Å². The largest absolute Gasteiger partial charge is 0.472 e. The topological polar surface area (TPSA) is 155 Å². The predicted octanol–water partition coefficient (Wildman–Crippen LogP) is 17.4. The minimum absolute atomic E-state index is 0.0870. The summed E-state index contributed by atoms with van der Waals surface area (Å²) >= 11 is 0. The molecule has 0 rings (SSSR count). The van der Waals surface area contributed by atoms with Crippen LogP contribution in [0.2, 0.25) is 0 Å². The van der Waals surface area contributed by atoms with Crippen LogP contribution in [-0.4, -0.2) is 66.5 Å². The molecule has 0 aliphatic rings. The molecule has 0 bridgehead atoms. The van der Waals surface area contributed by atoms with E-state index < -0.39 is 64.4 Å². The van der Waals surface area contributed by atoms with Gasteiger partial charge in [-0.3, -0.25) is 23.4 Å². The van der Waals surface area contributed by atoms with Crippen molar-refractivity contribution >= 4 is 25.7 Å². The SMILES string of the molecule is CC/C=C\C/C=C\C/C=C\C/C=C\C/C=C\C/C=C\CCC(=O)OCC(COP(=O)(O)OCC(CO)OC(=O)CCCCCCCCCCCCC)OC(=O)CCCCC/C=C\C/C=C\C/C=C\C/C=C\C/C=C\CC. The fraction of sp³-hybridized carbons (Fsp3) is 0.609. The van der Waals surface area contributed by atoms with Gasteiger partial charge in [0.25, 0.3) is 0 Å². The minimum atomic E-state index is -4.78. The molecular weight excluding hydrogens is 976 g/mol. The first kappa shape index (κ1) is 71.6. The van der Waals surface area contributed by atoms with Gasteiger partial charge in [0, 0.05) is 19.3 Å². The first-order chi connectivity index (χ1) is 37.2. The Morgan fingerprint density at radius 1 is 0.382 bits per heavy atom. The second-order valence-corrected chi connectivity index (χ2v) is 20.1. The molecule has 76 heavy (non-hydrogen) atoms. The van der Waals surface area contributed by atoms with E-state index in [1.807, 2.05) is 12.2 Å². The molecule has 0 aliphatic heterocycles. The van der Waals surface area contributed by atoms with E-state index in [0.29, 0.717) is 19.3 Å². The molecule has 430 valence electrons. The highest BCUT2D eigenvalue weighted by Gasteiger charge is 2.28. The molecule has 11 nitrogen and oxygen atoms in total. The Hall–Kier alpha value is -4.38. The first-order valence-corrected chi connectivity index (χ1v) is 30.6. The summed E-state index contributed by atoms with van der Waals surface area (Å²) in [6.45, 7) is 4.27. The molecule has 0 aromatic carbocycles. The third-order valence-corrected chi connectivity index (χ3v) is 12.5. The number of phosphoric acid groups is 1. The molecule has 0 heterocycles. The number of rotatable bonds is 52. The number of ether oxygens (including phenoxy) is 3. The summed E-state index contributed by atoms with van der Waals surface area (Å²) in [5.74, 6) is -1.62. The summed E-state index contributed by atoms with van der Waals surface area (Å²) < 4.78 is 39.4. The number of aliphatic hydroxyl groups is 1. The lowest BCUT2D eigenvalue weighted by Gasteiger charge is -2.21. The van der Waals surface area contributed by atoms with Crippen LogP contribution in [0, 0.1) is 0 Å². The maximum Gasteiger partial charge on any atom is 0.472 e. The van der Waals surface area contributed by atoms with E-state index in [2.05, 4.69) is 142 Å². The van der Waals surface area contributed by atoms with Crippen molar-refractivity contribution in [1.82, 2.24) is 0 Å². The molecule has 2 N–H and O–H groups in total. The zero-order chi connectivity index (χ0) is 55.5. The van der Waals surface area contributed by atoms with Crippen molar-refractivity contribution in [2.24, 2.45) is 0 Å². The quantitative estimate of drug-likeness (QED) is 0.0197. The number of carbonyl (C=O) groups is 3. The van der Waals surface area contributed by atoms with E-state index in [0.717, 1.165) is 109 Å². The van der Waals surface area contributed by atoms with Gasteiger partial charge >= 0.3 is 25.7 Å². The highest BCUT2D eigenvalue weighted by molar-refractivity contribution is 7.47. The van der Waals surface area contributed by atoms with E-state index in [-0.39, 0.29) is 19.3 Å². The second kappa shape index (κ2) is 56.8. The van der Waals surface area contributed by atoms with Crippen LogP contribution in [0.5, 0.6) is 0 Å². The molecule has 0 saturated heterocycles. The number of hydrogen-bond donors (Lipinski definition) is 2. The van der Waals surface area contributed by atoms with Crippen LogP contribution in [0.25, 0.3) is 0 Å². The molecule has 0 fully saturated rings. The van der Waals surface area contributed by atoms with Gasteiger partial charge in [-0.05, 0) is 103 Å². The van der Waals surface area contributed by atoms with Gasteiger partial charge in [0.2, 0.25) is 0 Å². The second-order valence-electron chi connectivity index (χ2n) is 18.7. The first-order valence-electron chi connectivity index (χ1n) is 29.1. The van der Waals surface area contributed by atoms with Gasteiger partial charge in [-0.1, -0.05) is 225 Å². The molecule has 0 aromatic heterocycles. The fourth-order valence-electron chi connectivity index (χ4n) is 7.23. The van der Waals surface area contributed by atoms with Gasteiger partial charge in [-0.25, -0.2) is 4.57 Å². The van der Waals surface area contributed by atoms with Crippen molar-refractivity contribution in [1.29, 1.82) is 0 Å². The van der Waals surface area contributed by atoms with E-state index >= 15 is 0 Å². The van der Waals surface area contributed by atoms with Gasteiger partial charge in [0.15, 0.2) is 6.10 Å². The monoisotopic (exact) mass is 1080 g/mol. The van der Waals surface area contributed by atoms with Crippen molar-refractivity contribution in [2.45, 2.75) is 226 Å². The summed E-state index contributed by atoms with van der Waals surface area (Å²) in [7, 11) is -4.78. The maximum absolute atomic E-state index is 12.9. The maximum atomic E-state index is 12.9. The normalized spacial score (nSPS) is 14.3. The summed E-state index contributed by atoms with van der Waals surface area (Å²) in [6, 6.07) is 0. The third-order valence-electron chi connectivity index (χ3n) is 11.6. The summed E-state index contributed by atoms with van der Waals surface area (Å²) in [5.41, 5.74) is 0. The number of carbonyl (C=O) groups excluding carboxylic acids is 3. The lowest BCUT2D eigenvalue weighted by Crippen LogP contribution is -2.30. The molecule has 0 spiro atoms. The molecular formula is C64H103O11P. The Kier molecular flexibility index (Phi) is 53.5. The van der Waals surface area contributed by atoms with E-state index in [1.54, 1.807) is 0 Å². The molecule has 0 aliphatic carbocycles. The van der Waals surface area contributed by atoms with E-state index in [9.17, 15) is 28.9 Å². The number of allylic oxidation sites excluding steroid dienone is 22. The van der Waals surface area contributed by atoms with Crippen LogP contribution in [-0.2, 0) is 42.2 Å². The Balaban J connectivity index is 4.92. The van der Waals surface area contributed by atoms with Crippen molar-refractivity contribution in [2.75, 3.05) is 26.4 Å². The Morgan fingerprint density at radius 3 is 1.11 bits per heavy atom. The highest BCUT2D eigenvalue weighted by Crippen LogP contribution is 2.43. The highest BCUT2D eigenvalue weighted by atomic mass is 31.2. The third kappa shape index (κ3) is 54.4. The number of esters is 3. The van der Waals surface area contributed by atoms with Gasteiger partial charge in [0.05, 0.1) is 19.8 Å². The zero-order valence-electron chi connectivity index (χ0n) is 47.4. The van der Waals surface area contributed by atoms with Crippen LogP contribution in [0.15, 0.2) is 134 Å². The smallest absolute Gasteiger partial charge is 0.462 e. The van der Waals surface area contributed by atoms with Gasteiger partial charge < -0.3 is 24.2 Å². The lowest BCUT2D eigenvalue weighted by atomic mass is 10.1. The van der Waals surface area contributed by atoms with Crippen LogP contribution >= 0.6 is 7.82 Å². The Morgan fingerprint density at radius 2 is 0.711 bits per heavy atom.